The molecule has 2 nitrogen and oxygen atoms in total. The molecule has 72 valence electrons. The molecule has 0 saturated carbocycles. The predicted octanol–water partition coefficient (Wildman–Crippen LogP) is 2.66. The molecule has 0 aliphatic heterocycles. The summed E-state index contributed by atoms with van der Waals surface area (Å²) in [6.45, 7) is 0. The van der Waals surface area contributed by atoms with Crippen molar-refractivity contribution in [1.82, 2.24) is 4.98 Å². The molecule has 0 fully saturated rings. The second-order valence-corrected chi connectivity index (χ2v) is 3.23. The highest BCUT2D eigenvalue weighted by molar-refractivity contribution is 9.10. The zero-order valence-corrected chi connectivity index (χ0v) is 8.51. The summed E-state index contributed by atoms with van der Waals surface area (Å²) in [4.78, 5) is 3.88. The Hall–Kier alpha value is -0.710. The molecule has 0 spiro atoms. The van der Waals surface area contributed by atoms with Crippen LogP contribution in [0.25, 0.3) is 0 Å². The molecule has 0 unspecified atom stereocenters. The first-order chi connectivity index (χ1) is 6.13. The van der Waals surface area contributed by atoms with Gasteiger partial charge >= 0.3 is 0 Å². The van der Waals surface area contributed by atoms with Gasteiger partial charge in [-0.2, -0.15) is 0 Å². The van der Waals surface area contributed by atoms with E-state index in [1.54, 1.807) is 12.1 Å². The lowest BCUT2D eigenvalue weighted by Crippen LogP contribution is -2.01. The molecule has 1 rings (SSSR count). The van der Waals surface area contributed by atoms with Gasteiger partial charge in [0.15, 0.2) is 0 Å². The van der Waals surface area contributed by atoms with Crippen molar-refractivity contribution in [1.29, 1.82) is 0 Å². The van der Waals surface area contributed by atoms with Crippen molar-refractivity contribution in [2.75, 3.05) is 7.11 Å². The number of nitrogens with zero attached hydrogens (tertiary/aromatic N) is 1. The van der Waals surface area contributed by atoms with E-state index in [0.29, 0.717) is 16.0 Å². The first-order valence-corrected chi connectivity index (χ1v) is 4.40. The quantitative estimate of drug-likeness (QED) is 0.824. The lowest BCUT2D eigenvalue weighted by atomic mass is 10.3. The number of methoxy groups -OCH3 is 1. The van der Waals surface area contributed by atoms with E-state index in [2.05, 4.69) is 20.9 Å². The number of ether oxygens (including phenoxy) is 1. The highest BCUT2D eigenvalue weighted by Crippen LogP contribution is 2.20. The van der Waals surface area contributed by atoms with E-state index in [0.717, 1.165) is 0 Å². The normalized spacial score (nSPS) is 10.5. The van der Waals surface area contributed by atoms with Gasteiger partial charge in [-0.15, -0.1) is 0 Å². The summed E-state index contributed by atoms with van der Waals surface area (Å²) in [6, 6.07) is 3.25. The zero-order valence-electron chi connectivity index (χ0n) is 6.93. The number of aromatic nitrogens is 1. The molecular formula is C8H8BrF2NO. The van der Waals surface area contributed by atoms with Crippen molar-refractivity contribution < 1.29 is 13.5 Å². The van der Waals surface area contributed by atoms with Gasteiger partial charge in [0.25, 0.3) is 0 Å². The molecule has 0 atom stereocenters. The van der Waals surface area contributed by atoms with Crippen LogP contribution in [0, 0.1) is 0 Å². The molecule has 5 heteroatoms. The van der Waals surface area contributed by atoms with Crippen LogP contribution >= 0.6 is 15.9 Å². The Morgan fingerprint density at radius 2 is 2.23 bits per heavy atom. The van der Waals surface area contributed by atoms with Crippen molar-refractivity contribution in [3.8, 4) is 5.88 Å². The highest BCUT2D eigenvalue weighted by atomic mass is 79.9. The number of halogens is 3. The molecule has 1 heterocycles. The minimum atomic E-state index is -2.39. The van der Waals surface area contributed by atoms with E-state index < -0.39 is 6.43 Å². The van der Waals surface area contributed by atoms with E-state index in [9.17, 15) is 8.78 Å². The molecule has 0 aliphatic carbocycles. The molecule has 0 N–H and O–H groups in total. The van der Waals surface area contributed by atoms with Gasteiger partial charge in [-0.1, -0.05) is 0 Å². The molecule has 0 bridgehead atoms. The Labute approximate surface area is 83.1 Å². The average Bonchev–Trinajstić information content (AvgIpc) is 2.08. The molecule has 13 heavy (non-hydrogen) atoms. The third-order valence-electron chi connectivity index (χ3n) is 1.45. The molecule has 1 aromatic heterocycles. The Bertz CT molecular complexity index is 293. The van der Waals surface area contributed by atoms with E-state index in [4.69, 9.17) is 4.74 Å². The first kappa shape index (κ1) is 10.4. The van der Waals surface area contributed by atoms with Crippen molar-refractivity contribution in [2.24, 2.45) is 0 Å². The summed E-state index contributed by atoms with van der Waals surface area (Å²) in [6.07, 6.45) is -2.76. The maximum atomic E-state index is 12.0. The number of alkyl halides is 2. The number of rotatable bonds is 3. The lowest BCUT2D eigenvalue weighted by Gasteiger charge is -2.04. The lowest BCUT2D eigenvalue weighted by molar-refractivity contribution is 0.147. The number of hydrogen-bond donors (Lipinski definition) is 0. The van der Waals surface area contributed by atoms with Gasteiger partial charge in [0.1, 0.15) is 0 Å². The van der Waals surface area contributed by atoms with Crippen molar-refractivity contribution >= 4 is 15.9 Å². The average molecular weight is 252 g/mol. The zero-order chi connectivity index (χ0) is 9.84. The Morgan fingerprint density at radius 3 is 2.77 bits per heavy atom. The predicted molar refractivity (Wildman–Crippen MR) is 48.2 cm³/mol. The maximum absolute atomic E-state index is 12.0. The molecule has 1 aromatic rings. The van der Waals surface area contributed by atoms with Crippen LogP contribution in [-0.2, 0) is 6.42 Å². The summed E-state index contributed by atoms with van der Waals surface area (Å²) in [5.41, 5.74) is 0.314. The van der Waals surface area contributed by atoms with Gasteiger partial charge in [0.05, 0.1) is 19.2 Å². The van der Waals surface area contributed by atoms with E-state index in [-0.39, 0.29) is 6.42 Å². The second kappa shape index (κ2) is 4.50. The van der Waals surface area contributed by atoms with Crippen molar-refractivity contribution in [3.63, 3.8) is 0 Å². The molecule has 0 saturated heterocycles. The number of hydrogen-bond acceptors (Lipinski definition) is 2. The van der Waals surface area contributed by atoms with E-state index in [1.165, 1.54) is 7.11 Å². The smallest absolute Gasteiger partial charge is 0.244 e. The van der Waals surface area contributed by atoms with Crippen LogP contribution in [0.2, 0.25) is 0 Å². The molecule has 0 aliphatic rings. The van der Waals surface area contributed by atoms with Crippen molar-refractivity contribution in [3.05, 3.63) is 22.3 Å². The minimum Gasteiger partial charge on any atom is -0.481 e. The SMILES string of the molecule is COc1ccc(Br)c(CC(F)F)n1. The van der Waals surface area contributed by atoms with Crippen LogP contribution < -0.4 is 4.74 Å². The van der Waals surface area contributed by atoms with Gasteiger partial charge in [0, 0.05) is 10.5 Å². The van der Waals surface area contributed by atoms with Gasteiger partial charge in [0.2, 0.25) is 12.3 Å². The van der Waals surface area contributed by atoms with Gasteiger partial charge in [-0.3, -0.25) is 0 Å². The molecule has 0 aromatic carbocycles. The third-order valence-corrected chi connectivity index (χ3v) is 2.17. The second-order valence-electron chi connectivity index (χ2n) is 2.38. The van der Waals surface area contributed by atoms with Crippen LogP contribution in [0.5, 0.6) is 5.88 Å². The number of pyridine rings is 1. The fourth-order valence-corrected chi connectivity index (χ4v) is 1.25. The minimum absolute atomic E-state index is 0.314. The Balaban J connectivity index is 2.90. The largest absolute Gasteiger partial charge is 0.481 e. The summed E-state index contributed by atoms with van der Waals surface area (Å²) in [5.74, 6) is 0.346. The van der Waals surface area contributed by atoms with Crippen LogP contribution in [0.4, 0.5) is 8.78 Å². The van der Waals surface area contributed by atoms with Gasteiger partial charge < -0.3 is 4.74 Å². The summed E-state index contributed by atoms with van der Waals surface area (Å²) in [7, 11) is 1.45. The fraction of sp³-hybridized carbons (Fsp3) is 0.375. The van der Waals surface area contributed by atoms with Gasteiger partial charge in [-0.25, -0.2) is 13.8 Å². The van der Waals surface area contributed by atoms with E-state index in [1.807, 2.05) is 0 Å². The van der Waals surface area contributed by atoms with Crippen molar-refractivity contribution in [2.45, 2.75) is 12.8 Å². The molecular weight excluding hydrogens is 244 g/mol. The standard InChI is InChI=1S/C8H8BrF2NO/c1-13-8-3-2-5(9)6(12-8)4-7(10)11/h2-3,7H,4H2,1H3. The topological polar surface area (TPSA) is 22.1 Å². The summed E-state index contributed by atoms with van der Waals surface area (Å²) >= 11 is 3.14. The maximum Gasteiger partial charge on any atom is 0.244 e. The van der Waals surface area contributed by atoms with E-state index >= 15 is 0 Å². The first-order valence-electron chi connectivity index (χ1n) is 3.61. The summed E-state index contributed by atoms with van der Waals surface area (Å²) < 4.78 is 29.5. The fourth-order valence-electron chi connectivity index (χ4n) is 0.867. The monoisotopic (exact) mass is 251 g/mol. The molecule has 0 radical (unpaired) electrons. The highest BCUT2D eigenvalue weighted by Gasteiger charge is 2.10. The van der Waals surface area contributed by atoms with Crippen LogP contribution in [0.1, 0.15) is 5.69 Å². The third kappa shape index (κ3) is 2.91. The van der Waals surface area contributed by atoms with Crippen LogP contribution in [0.3, 0.4) is 0 Å². The molecule has 0 amide bonds. The van der Waals surface area contributed by atoms with Gasteiger partial charge in [-0.05, 0) is 22.0 Å². The summed E-state index contributed by atoms with van der Waals surface area (Å²) in [5, 5.41) is 0. The Kier molecular flexibility index (Phi) is 3.59. The Morgan fingerprint density at radius 1 is 1.54 bits per heavy atom. The van der Waals surface area contributed by atoms with Crippen LogP contribution in [-0.4, -0.2) is 18.5 Å². The van der Waals surface area contributed by atoms with Crippen LogP contribution in [0.15, 0.2) is 16.6 Å².